The summed E-state index contributed by atoms with van der Waals surface area (Å²) < 4.78 is 5.01. The van der Waals surface area contributed by atoms with E-state index in [1.807, 2.05) is 31.2 Å². The molecule has 0 heterocycles. The van der Waals surface area contributed by atoms with E-state index in [1.165, 1.54) is 0 Å². The topological polar surface area (TPSA) is 55.6 Å². The fraction of sp³-hybridized carbons (Fsp3) is 0.500. The van der Waals surface area contributed by atoms with Gasteiger partial charge >= 0.3 is 0 Å². The molecule has 0 spiro atoms. The molecule has 0 aliphatic carbocycles. The van der Waals surface area contributed by atoms with Crippen LogP contribution < -0.4 is 5.73 Å². The Kier molecular flexibility index (Phi) is 6.39. The molecule has 4 heteroatoms. The predicted octanol–water partition coefficient (Wildman–Crippen LogP) is 1.30. The Hall–Kier alpha value is -1.39. The number of amides is 1. The summed E-state index contributed by atoms with van der Waals surface area (Å²) >= 11 is 0. The predicted molar refractivity (Wildman–Crippen MR) is 72.7 cm³/mol. The Balaban J connectivity index is 2.77. The molecule has 2 N–H and O–H groups in total. The van der Waals surface area contributed by atoms with Crippen molar-refractivity contribution in [2.24, 2.45) is 5.73 Å². The molecule has 0 bridgehead atoms. The Morgan fingerprint density at radius 2 is 2.22 bits per heavy atom. The summed E-state index contributed by atoms with van der Waals surface area (Å²) in [6.45, 7) is 4.43. The van der Waals surface area contributed by atoms with Gasteiger partial charge in [-0.05, 0) is 37.6 Å². The Labute approximate surface area is 109 Å². The first kappa shape index (κ1) is 14.7. The molecule has 100 valence electrons. The quantitative estimate of drug-likeness (QED) is 0.793. The number of likely N-dealkylation sites (N-methyl/N-ethyl adjacent to an activating group) is 1. The normalized spacial score (nSPS) is 10.4. The first-order valence-corrected chi connectivity index (χ1v) is 6.30. The molecule has 0 fully saturated rings. The van der Waals surface area contributed by atoms with E-state index in [1.54, 1.807) is 12.0 Å². The molecular formula is C14H22N2O2. The molecule has 0 radical (unpaired) electrons. The van der Waals surface area contributed by atoms with Crippen LogP contribution >= 0.6 is 0 Å². The van der Waals surface area contributed by atoms with E-state index in [0.717, 1.165) is 17.5 Å². The van der Waals surface area contributed by atoms with E-state index >= 15 is 0 Å². The summed E-state index contributed by atoms with van der Waals surface area (Å²) in [5.74, 6) is 0.0495. The lowest BCUT2D eigenvalue weighted by atomic mass is 10.1. The third-order valence-electron chi connectivity index (χ3n) is 2.84. The average Bonchev–Trinajstić information content (AvgIpc) is 2.40. The highest BCUT2D eigenvalue weighted by molar-refractivity contribution is 5.94. The molecule has 18 heavy (non-hydrogen) atoms. The molecule has 0 saturated carbocycles. The lowest BCUT2D eigenvalue weighted by Gasteiger charge is -2.20. The van der Waals surface area contributed by atoms with Gasteiger partial charge in [0.15, 0.2) is 0 Å². The van der Waals surface area contributed by atoms with E-state index in [0.29, 0.717) is 26.2 Å². The van der Waals surface area contributed by atoms with Crippen LogP contribution in [0.15, 0.2) is 24.3 Å². The number of carbonyl (C=O) groups excluding carboxylic acids is 1. The van der Waals surface area contributed by atoms with E-state index in [-0.39, 0.29) is 5.91 Å². The van der Waals surface area contributed by atoms with Crippen LogP contribution in [0.3, 0.4) is 0 Å². The second-order valence-corrected chi connectivity index (χ2v) is 4.12. The van der Waals surface area contributed by atoms with Gasteiger partial charge in [-0.3, -0.25) is 4.79 Å². The fourth-order valence-corrected chi connectivity index (χ4v) is 1.81. The lowest BCUT2D eigenvalue weighted by molar-refractivity contribution is 0.0706. The van der Waals surface area contributed by atoms with Crippen LogP contribution in [0.4, 0.5) is 0 Å². The van der Waals surface area contributed by atoms with Crippen LogP contribution in [0.5, 0.6) is 0 Å². The highest BCUT2D eigenvalue weighted by Crippen LogP contribution is 2.09. The smallest absolute Gasteiger partial charge is 0.253 e. The molecule has 0 unspecified atom stereocenters. The zero-order valence-corrected chi connectivity index (χ0v) is 11.2. The average molecular weight is 250 g/mol. The van der Waals surface area contributed by atoms with Crippen molar-refractivity contribution in [2.75, 3.05) is 33.4 Å². The fourth-order valence-electron chi connectivity index (χ4n) is 1.81. The summed E-state index contributed by atoms with van der Waals surface area (Å²) in [5, 5.41) is 0. The van der Waals surface area contributed by atoms with Crippen LogP contribution in [0.25, 0.3) is 0 Å². The molecular weight excluding hydrogens is 228 g/mol. The van der Waals surface area contributed by atoms with Crippen molar-refractivity contribution in [2.45, 2.75) is 13.3 Å². The lowest BCUT2D eigenvalue weighted by Crippen LogP contribution is -2.33. The molecule has 0 atom stereocenters. The largest absolute Gasteiger partial charge is 0.383 e. The second kappa shape index (κ2) is 7.84. The molecule has 0 aliphatic heterocycles. The van der Waals surface area contributed by atoms with Crippen LogP contribution in [0.2, 0.25) is 0 Å². The Morgan fingerprint density at radius 1 is 1.44 bits per heavy atom. The first-order valence-electron chi connectivity index (χ1n) is 6.30. The summed E-state index contributed by atoms with van der Waals surface area (Å²) in [4.78, 5) is 14.1. The van der Waals surface area contributed by atoms with Crippen molar-refractivity contribution in [1.29, 1.82) is 0 Å². The van der Waals surface area contributed by atoms with Crippen molar-refractivity contribution < 1.29 is 9.53 Å². The minimum Gasteiger partial charge on any atom is -0.383 e. The number of hydrogen-bond donors (Lipinski definition) is 1. The van der Waals surface area contributed by atoms with Crippen molar-refractivity contribution in [3.63, 3.8) is 0 Å². The minimum absolute atomic E-state index is 0.0495. The van der Waals surface area contributed by atoms with Crippen LogP contribution in [0.1, 0.15) is 22.8 Å². The molecule has 1 amide bonds. The SMILES string of the molecule is CCN(CCOC)C(=O)c1cccc(CCN)c1. The standard InChI is InChI=1S/C14H22N2O2/c1-3-16(9-10-18-2)14(17)13-6-4-5-12(11-13)7-8-15/h4-6,11H,3,7-10,15H2,1-2H3. The third kappa shape index (κ3) is 4.13. The van der Waals surface area contributed by atoms with Gasteiger partial charge in [-0.25, -0.2) is 0 Å². The zero-order valence-electron chi connectivity index (χ0n) is 11.2. The van der Waals surface area contributed by atoms with Gasteiger partial charge in [0.05, 0.1) is 6.61 Å². The highest BCUT2D eigenvalue weighted by Gasteiger charge is 2.13. The Morgan fingerprint density at radius 3 is 2.83 bits per heavy atom. The van der Waals surface area contributed by atoms with Gasteiger partial charge in [-0.1, -0.05) is 12.1 Å². The monoisotopic (exact) mass is 250 g/mol. The van der Waals surface area contributed by atoms with Gasteiger partial charge in [0.1, 0.15) is 0 Å². The van der Waals surface area contributed by atoms with Crippen molar-refractivity contribution in [1.82, 2.24) is 4.90 Å². The van der Waals surface area contributed by atoms with Gasteiger partial charge in [-0.15, -0.1) is 0 Å². The van der Waals surface area contributed by atoms with E-state index in [2.05, 4.69) is 0 Å². The van der Waals surface area contributed by atoms with Crippen molar-refractivity contribution >= 4 is 5.91 Å². The number of nitrogens with zero attached hydrogens (tertiary/aromatic N) is 1. The van der Waals surface area contributed by atoms with Gasteiger partial charge in [-0.2, -0.15) is 0 Å². The second-order valence-electron chi connectivity index (χ2n) is 4.12. The van der Waals surface area contributed by atoms with Crippen molar-refractivity contribution in [3.05, 3.63) is 35.4 Å². The number of hydrogen-bond acceptors (Lipinski definition) is 3. The van der Waals surface area contributed by atoms with Gasteiger partial charge in [0, 0.05) is 25.8 Å². The molecule has 0 saturated heterocycles. The summed E-state index contributed by atoms with van der Waals surface area (Å²) in [6.07, 6.45) is 0.797. The summed E-state index contributed by atoms with van der Waals surface area (Å²) in [5.41, 5.74) is 7.35. The third-order valence-corrected chi connectivity index (χ3v) is 2.84. The minimum atomic E-state index is 0.0495. The number of ether oxygens (including phenoxy) is 1. The number of carbonyl (C=O) groups is 1. The van der Waals surface area contributed by atoms with Crippen molar-refractivity contribution in [3.8, 4) is 0 Å². The van der Waals surface area contributed by atoms with E-state index in [4.69, 9.17) is 10.5 Å². The van der Waals surface area contributed by atoms with Crippen LogP contribution in [-0.4, -0.2) is 44.2 Å². The highest BCUT2D eigenvalue weighted by atomic mass is 16.5. The maximum Gasteiger partial charge on any atom is 0.253 e. The summed E-state index contributed by atoms with van der Waals surface area (Å²) in [6, 6.07) is 7.67. The maximum atomic E-state index is 12.3. The van der Waals surface area contributed by atoms with E-state index < -0.39 is 0 Å². The molecule has 1 aromatic rings. The maximum absolute atomic E-state index is 12.3. The van der Waals surface area contributed by atoms with Gasteiger partial charge in [0.25, 0.3) is 5.91 Å². The number of rotatable bonds is 7. The zero-order chi connectivity index (χ0) is 13.4. The number of methoxy groups -OCH3 is 1. The molecule has 1 aromatic carbocycles. The Bertz CT molecular complexity index is 380. The number of benzene rings is 1. The molecule has 0 aromatic heterocycles. The van der Waals surface area contributed by atoms with Crippen LogP contribution in [0, 0.1) is 0 Å². The molecule has 1 rings (SSSR count). The first-order chi connectivity index (χ1) is 8.72. The molecule has 0 aliphatic rings. The van der Waals surface area contributed by atoms with Crippen LogP contribution in [-0.2, 0) is 11.2 Å². The summed E-state index contributed by atoms with van der Waals surface area (Å²) in [7, 11) is 1.64. The van der Waals surface area contributed by atoms with E-state index in [9.17, 15) is 4.79 Å². The van der Waals surface area contributed by atoms with Gasteiger partial charge in [0.2, 0.25) is 0 Å². The molecule has 4 nitrogen and oxygen atoms in total. The van der Waals surface area contributed by atoms with Gasteiger partial charge < -0.3 is 15.4 Å². The number of nitrogens with two attached hydrogens (primary N) is 1.